The van der Waals surface area contributed by atoms with Crippen LogP contribution in [0.3, 0.4) is 0 Å². The van der Waals surface area contributed by atoms with E-state index in [1.165, 1.54) is 5.70 Å². The Balaban J connectivity index is 1.70. The number of para-hydroxylation sites is 1. The molecule has 0 fully saturated rings. The maximum absolute atomic E-state index is 4.30. The minimum Gasteiger partial charge on any atom is -0.311 e. The molecule has 1 aliphatic carbocycles. The van der Waals surface area contributed by atoms with Gasteiger partial charge in [-0.15, -0.1) is 0 Å². The van der Waals surface area contributed by atoms with E-state index in [0.717, 1.165) is 34.7 Å². The van der Waals surface area contributed by atoms with Gasteiger partial charge in [-0.3, -0.25) is 0 Å². The molecule has 3 aromatic rings. The topological polar surface area (TPSA) is 29.0 Å². The lowest BCUT2D eigenvalue weighted by atomic mass is 10.00. The van der Waals surface area contributed by atoms with Gasteiger partial charge >= 0.3 is 0 Å². The highest BCUT2D eigenvalue weighted by atomic mass is 15.1. The van der Waals surface area contributed by atoms with Crippen molar-refractivity contribution in [2.75, 3.05) is 4.90 Å². The number of hydrogen-bond acceptors (Lipinski definition) is 3. The first-order chi connectivity index (χ1) is 13.2. The zero-order chi connectivity index (χ0) is 18.6. The fourth-order valence-electron chi connectivity index (χ4n) is 3.25. The van der Waals surface area contributed by atoms with Crippen molar-refractivity contribution >= 4 is 11.4 Å². The molecule has 0 N–H and O–H groups in total. The van der Waals surface area contributed by atoms with Crippen LogP contribution >= 0.6 is 0 Å². The molecule has 27 heavy (non-hydrogen) atoms. The molecule has 1 atom stereocenters. The van der Waals surface area contributed by atoms with E-state index < -0.39 is 0 Å². The molecule has 134 valence electrons. The molecule has 3 nitrogen and oxygen atoms in total. The molecule has 0 bridgehead atoms. The van der Waals surface area contributed by atoms with Crippen molar-refractivity contribution in [3.63, 3.8) is 0 Å². The molecule has 2 aromatic carbocycles. The zero-order valence-electron chi connectivity index (χ0n) is 15.7. The van der Waals surface area contributed by atoms with Crippen LogP contribution in [0.2, 0.25) is 0 Å². The van der Waals surface area contributed by atoms with Gasteiger partial charge in [-0.25, -0.2) is 9.97 Å². The number of rotatable bonds is 4. The van der Waals surface area contributed by atoms with Gasteiger partial charge in [0.2, 0.25) is 0 Å². The molecule has 0 amide bonds. The average molecular weight is 353 g/mol. The molecule has 1 unspecified atom stereocenters. The summed E-state index contributed by atoms with van der Waals surface area (Å²) in [4.78, 5) is 10.9. The fraction of sp³-hybridized carbons (Fsp3) is 0.167. The lowest BCUT2D eigenvalue weighted by Crippen LogP contribution is -2.17. The van der Waals surface area contributed by atoms with Gasteiger partial charge in [0.05, 0.1) is 0 Å². The van der Waals surface area contributed by atoms with Gasteiger partial charge in [0.1, 0.15) is 5.82 Å². The Morgan fingerprint density at radius 1 is 0.852 bits per heavy atom. The highest BCUT2D eigenvalue weighted by molar-refractivity contribution is 5.73. The van der Waals surface area contributed by atoms with Crippen LogP contribution in [0.1, 0.15) is 19.2 Å². The summed E-state index contributed by atoms with van der Waals surface area (Å²) in [6.07, 6.45) is 11.6. The smallest absolute Gasteiger partial charge is 0.125 e. The van der Waals surface area contributed by atoms with Crippen molar-refractivity contribution in [2.24, 2.45) is 5.92 Å². The van der Waals surface area contributed by atoms with Gasteiger partial charge < -0.3 is 4.90 Å². The molecule has 0 saturated heterocycles. The van der Waals surface area contributed by atoms with E-state index in [9.17, 15) is 0 Å². The minimum atomic E-state index is 0.593. The molecule has 1 aromatic heterocycles. The van der Waals surface area contributed by atoms with Crippen LogP contribution in [0.25, 0.3) is 11.1 Å². The molecule has 1 heterocycles. The lowest BCUT2D eigenvalue weighted by molar-refractivity contribution is 0.728. The Morgan fingerprint density at radius 2 is 1.52 bits per heavy atom. The number of aromatic nitrogens is 2. The Hall–Kier alpha value is -3.20. The van der Waals surface area contributed by atoms with E-state index in [2.05, 4.69) is 94.6 Å². The van der Waals surface area contributed by atoms with Crippen LogP contribution in [-0.4, -0.2) is 9.97 Å². The molecule has 0 spiro atoms. The van der Waals surface area contributed by atoms with E-state index in [-0.39, 0.29) is 0 Å². The second-order valence-corrected chi connectivity index (χ2v) is 6.94. The molecule has 0 aliphatic heterocycles. The maximum Gasteiger partial charge on any atom is 0.125 e. The lowest BCUT2D eigenvalue weighted by Gasteiger charge is -2.28. The minimum absolute atomic E-state index is 0.593. The van der Waals surface area contributed by atoms with Crippen LogP contribution in [0.5, 0.6) is 0 Å². The van der Waals surface area contributed by atoms with Crippen LogP contribution in [0.4, 0.5) is 11.4 Å². The van der Waals surface area contributed by atoms with Gasteiger partial charge in [-0.05, 0) is 55.2 Å². The summed E-state index contributed by atoms with van der Waals surface area (Å²) in [7, 11) is 0. The second kappa shape index (κ2) is 7.58. The first-order valence-corrected chi connectivity index (χ1v) is 9.33. The summed E-state index contributed by atoms with van der Waals surface area (Å²) in [6, 6.07) is 19.1. The standard InChI is InChI=1S/C24H23N3/c1-18-8-12-23(13-9-18)27(22-6-4-3-5-7-22)24-14-10-20(11-15-24)21-16-25-19(2)26-17-21/h3-8,10-18H,9H2,1-2H3. The third-order valence-corrected chi connectivity index (χ3v) is 4.81. The molecule has 4 rings (SSSR count). The highest BCUT2D eigenvalue weighted by Crippen LogP contribution is 2.33. The van der Waals surface area contributed by atoms with Gasteiger partial charge in [-0.2, -0.15) is 0 Å². The number of hydrogen-bond donors (Lipinski definition) is 0. The summed E-state index contributed by atoms with van der Waals surface area (Å²) < 4.78 is 0. The Labute approximate surface area is 160 Å². The van der Waals surface area contributed by atoms with Crippen molar-refractivity contribution in [1.29, 1.82) is 0 Å². The quantitative estimate of drug-likeness (QED) is 0.570. The third kappa shape index (κ3) is 3.82. The molecule has 0 radical (unpaired) electrons. The number of anilines is 2. The van der Waals surface area contributed by atoms with Crippen molar-refractivity contribution < 1.29 is 0 Å². The summed E-state index contributed by atoms with van der Waals surface area (Å²) in [5, 5.41) is 0. The van der Waals surface area contributed by atoms with Gasteiger partial charge in [0.25, 0.3) is 0 Å². The SMILES string of the molecule is Cc1ncc(-c2ccc(N(C3=CCC(C)C=C3)c3ccccc3)cc2)cn1. The van der Waals surface area contributed by atoms with E-state index in [4.69, 9.17) is 0 Å². The first kappa shape index (κ1) is 17.2. The summed E-state index contributed by atoms with van der Waals surface area (Å²) in [5.74, 6) is 1.38. The predicted molar refractivity (Wildman–Crippen MR) is 112 cm³/mol. The number of benzene rings is 2. The normalized spacial score (nSPS) is 16.1. The Morgan fingerprint density at radius 3 is 2.15 bits per heavy atom. The number of aryl methyl sites for hydroxylation is 1. The van der Waals surface area contributed by atoms with Crippen LogP contribution in [0.15, 0.2) is 90.9 Å². The summed E-state index contributed by atoms with van der Waals surface area (Å²) in [5.41, 5.74) is 5.67. The van der Waals surface area contributed by atoms with Gasteiger partial charge in [0.15, 0.2) is 0 Å². The molecular formula is C24H23N3. The van der Waals surface area contributed by atoms with Crippen molar-refractivity contribution in [3.05, 3.63) is 96.7 Å². The van der Waals surface area contributed by atoms with Crippen LogP contribution < -0.4 is 4.90 Å². The highest BCUT2D eigenvalue weighted by Gasteiger charge is 2.15. The molecule has 3 heteroatoms. The molecule has 0 saturated carbocycles. The van der Waals surface area contributed by atoms with Crippen LogP contribution in [-0.2, 0) is 0 Å². The van der Waals surface area contributed by atoms with Crippen LogP contribution in [0, 0.1) is 12.8 Å². The van der Waals surface area contributed by atoms with E-state index in [1.807, 2.05) is 19.3 Å². The zero-order valence-corrected chi connectivity index (χ0v) is 15.7. The van der Waals surface area contributed by atoms with Crippen molar-refractivity contribution in [3.8, 4) is 11.1 Å². The van der Waals surface area contributed by atoms with Gasteiger partial charge in [-0.1, -0.05) is 49.4 Å². The van der Waals surface area contributed by atoms with Crippen molar-refractivity contribution in [1.82, 2.24) is 9.97 Å². The molecule has 1 aliphatic rings. The summed E-state index contributed by atoms with van der Waals surface area (Å²) in [6.45, 7) is 4.14. The van der Waals surface area contributed by atoms with Crippen molar-refractivity contribution in [2.45, 2.75) is 20.3 Å². The largest absolute Gasteiger partial charge is 0.311 e. The Bertz CT molecular complexity index is 955. The first-order valence-electron chi connectivity index (χ1n) is 9.33. The van der Waals surface area contributed by atoms with E-state index >= 15 is 0 Å². The second-order valence-electron chi connectivity index (χ2n) is 6.94. The third-order valence-electron chi connectivity index (χ3n) is 4.81. The predicted octanol–water partition coefficient (Wildman–Crippen LogP) is 6.07. The number of nitrogens with zero attached hydrogens (tertiary/aromatic N) is 3. The maximum atomic E-state index is 4.30. The monoisotopic (exact) mass is 353 g/mol. The van der Waals surface area contributed by atoms with E-state index in [0.29, 0.717) is 5.92 Å². The fourth-order valence-corrected chi connectivity index (χ4v) is 3.25. The van der Waals surface area contributed by atoms with E-state index in [1.54, 1.807) is 0 Å². The summed E-state index contributed by atoms with van der Waals surface area (Å²) >= 11 is 0. The Kier molecular flexibility index (Phi) is 4.84. The number of allylic oxidation sites excluding steroid dienone is 3. The average Bonchev–Trinajstić information content (AvgIpc) is 2.72. The van der Waals surface area contributed by atoms with Gasteiger partial charge in [0, 0.05) is 35.0 Å². The molecular weight excluding hydrogens is 330 g/mol.